The molecule has 4 rings (SSSR count). The molecule has 2 fully saturated rings. The number of piperidine rings is 2. The van der Waals surface area contributed by atoms with Crippen LogP contribution in [0.15, 0.2) is 47.4 Å². The van der Waals surface area contributed by atoms with Crippen molar-refractivity contribution in [2.75, 3.05) is 33.3 Å². The standard InChI is InChI=1S/C23H28F2N2O4S/c1-30-22-7-6-19(16-21(22)25)32(28,29)27-14-8-17(9-15-27)26-12-10-18(11-13-26)31-23-5-3-2-4-20(23)24/h2-7,16-18H,8-15H2,1H3. The maximum Gasteiger partial charge on any atom is 0.243 e. The van der Waals surface area contributed by atoms with Crippen molar-refractivity contribution < 1.29 is 26.7 Å². The molecule has 0 unspecified atom stereocenters. The van der Waals surface area contributed by atoms with Crippen molar-refractivity contribution in [3.63, 3.8) is 0 Å². The molecular weight excluding hydrogens is 438 g/mol. The number of likely N-dealkylation sites (tertiary alicyclic amines) is 1. The highest BCUT2D eigenvalue weighted by molar-refractivity contribution is 7.89. The van der Waals surface area contributed by atoms with Crippen molar-refractivity contribution in [2.45, 2.75) is 42.7 Å². The van der Waals surface area contributed by atoms with Crippen molar-refractivity contribution in [3.05, 3.63) is 54.1 Å². The van der Waals surface area contributed by atoms with Gasteiger partial charge < -0.3 is 14.4 Å². The van der Waals surface area contributed by atoms with Gasteiger partial charge in [-0.1, -0.05) is 12.1 Å². The van der Waals surface area contributed by atoms with Gasteiger partial charge in [-0.25, -0.2) is 17.2 Å². The summed E-state index contributed by atoms with van der Waals surface area (Å²) in [5.41, 5.74) is 0. The van der Waals surface area contributed by atoms with Gasteiger partial charge in [0.2, 0.25) is 10.0 Å². The van der Waals surface area contributed by atoms with E-state index in [1.807, 2.05) is 0 Å². The van der Waals surface area contributed by atoms with Gasteiger partial charge in [-0.05, 0) is 56.0 Å². The fourth-order valence-corrected chi connectivity index (χ4v) is 5.97. The Kier molecular flexibility index (Phi) is 6.97. The first kappa shape index (κ1) is 22.9. The summed E-state index contributed by atoms with van der Waals surface area (Å²) in [6.45, 7) is 2.46. The molecule has 0 spiro atoms. The van der Waals surface area contributed by atoms with E-state index in [0.717, 1.165) is 44.8 Å². The molecule has 0 aromatic heterocycles. The van der Waals surface area contributed by atoms with E-state index in [-0.39, 0.29) is 22.6 Å². The fraction of sp³-hybridized carbons (Fsp3) is 0.478. The van der Waals surface area contributed by atoms with Crippen LogP contribution in [0, 0.1) is 11.6 Å². The Labute approximate surface area is 187 Å². The van der Waals surface area contributed by atoms with Gasteiger partial charge in [-0.2, -0.15) is 4.31 Å². The monoisotopic (exact) mass is 466 g/mol. The van der Waals surface area contributed by atoms with Crippen molar-refractivity contribution in [3.8, 4) is 11.5 Å². The number of halogens is 2. The highest BCUT2D eigenvalue weighted by Gasteiger charge is 2.33. The first-order chi connectivity index (χ1) is 15.4. The molecule has 0 amide bonds. The molecular formula is C23H28F2N2O4S. The number of benzene rings is 2. The Bertz CT molecular complexity index is 1030. The van der Waals surface area contributed by atoms with Crippen LogP contribution in [0.1, 0.15) is 25.7 Å². The smallest absolute Gasteiger partial charge is 0.243 e. The van der Waals surface area contributed by atoms with Crippen LogP contribution in [0.5, 0.6) is 11.5 Å². The third-order valence-corrected chi connectivity index (χ3v) is 8.20. The molecule has 2 saturated heterocycles. The molecule has 32 heavy (non-hydrogen) atoms. The van der Waals surface area contributed by atoms with E-state index in [9.17, 15) is 17.2 Å². The zero-order valence-electron chi connectivity index (χ0n) is 18.0. The van der Waals surface area contributed by atoms with Crippen LogP contribution in [-0.4, -0.2) is 63.1 Å². The largest absolute Gasteiger partial charge is 0.494 e. The quantitative estimate of drug-likeness (QED) is 0.650. The maximum atomic E-state index is 14.0. The predicted molar refractivity (Wildman–Crippen MR) is 116 cm³/mol. The second-order valence-corrected chi connectivity index (χ2v) is 10.2. The molecule has 0 atom stereocenters. The van der Waals surface area contributed by atoms with Crippen LogP contribution in [0.25, 0.3) is 0 Å². The summed E-state index contributed by atoms with van der Waals surface area (Å²) in [5, 5.41) is 0. The molecule has 0 aliphatic carbocycles. The second kappa shape index (κ2) is 9.72. The highest BCUT2D eigenvalue weighted by Crippen LogP contribution is 2.28. The topological polar surface area (TPSA) is 59.1 Å². The summed E-state index contributed by atoms with van der Waals surface area (Å²) < 4.78 is 65.8. The Morgan fingerprint density at radius 2 is 1.56 bits per heavy atom. The van der Waals surface area contributed by atoms with E-state index in [4.69, 9.17) is 9.47 Å². The van der Waals surface area contributed by atoms with E-state index in [2.05, 4.69) is 4.90 Å². The maximum absolute atomic E-state index is 14.0. The van der Waals surface area contributed by atoms with Crippen molar-refractivity contribution in [1.82, 2.24) is 9.21 Å². The van der Waals surface area contributed by atoms with Gasteiger partial charge in [0.15, 0.2) is 23.1 Å². The summed E-state index contributed by atoms with van der Waals surface area (Å²) in [6, 6.07) is 10.5. The minimum Gasteiger partial charge on any atom is -0.494 e. The average Bonchev–Trinajstić information content (AvgIpc) is 2.81. The molecule has 0 saturated carbocycles. The molecule has 0 N–H and O–H groups in total. The van der Waals surface area contributed by atoms with E-state index in [1.165, 1.54) is 29.6 Å². The van der Waals surface area contributed by atoms with Crippen LogP contribution in [0.3, 0.4) is 0 Å². The molecule has 2 heterocycles. The minimum absolute atomic E-state index is 0.0186. The number of sulfonamides is 1. The number of hydrogen-bond donors (Lipinski definition) is 0. The molecule has 0 radical (unpaired) electrons. The molecule has 2 aliphatic heterocycles. The summed E-state index contributed by atoms with van der Waals surface area (Å²) in [6.07, 6.45) is 3.03. The van der Waals surface area contributed by atoms with E-state index in [0.29, 0.717) is 24.9 Å². The van der Waals surface area contributed by atoms with Crippen molar-refractivity contribution in [2.24, 2.45) is 0 Å². The van der Waals surface area contributed by atoms with Crippen LogP contribution < -0.4 is 9.47 Å². The van der Waals surface area contributed by atoms with Gasteiger partial charge in [0.1, 0.15) is 6.10 Å². The number of para-hydroxylation sites is 1. The fourth-order valence-electron chi connectivity index (χ4n) is 4.48. The lowest BCUT2D eigenvalue weighted by Gasteiger charge is -2.41. The number of nitrogens with zero attached hydrogens (tertiary/aromatic N) is 2. The summed E-state index contributed by atoms with van der Waals surface area (Å²) >= 11 is 0. The lowest BCUT2D eigenvalue weighted by atomic mass is 10.00. The van der Waals surface area contributed by atoms with Crippen molar-refractivity contribution in [1.29, 1.82) is 0 Å². The molecule has 6 nitrogen and oxygen atoms in total. The Morgan fingerprint density at radius 3 is 2.19 bits per heavy atom. The lowest BCUT2D eigenvalue weighted by Crippen LogP contribution is -2.50. The van der Waals surface area contributed by atoms with Gasteiger partial charge in [0.05, 0.1) is 12.0 Å². The second-order valence-electron chi connectivity index (χ2n) is 8.22. The van der Waals surface area contributed by atoms with Gasteiger partial charge in [0.25, 0.3) is 0 Å². The molecule has 2 aromatic carbocycles. The Hall–Kier alpha value is -2.23. The predicted octanol–water partition coefficient (Wildman–Crippen LogP) is 3.67. The number of hydrogen-bond acceptors (Lipinski definition) is 5. The van der Waals surface area contributed by atoms with E-state index >= 15 is 0 Å². The SMILES string of the molecule is COc1ccc(S(=O)(=O)N2CCC(N3CCC(Oc4ccccc4F)CC3)CC2)cc1F. The number of rotatable bonds is 6. The molecule has 2 aliphatic rings. The normalized spacial score (nSPS) is 19.7. The summed E-state index contributed by atoms with van der Waals surface area (Å²) in [7, 11) is -2.41. The average molecular weight is 467 g/mol. The third kappa shape index (κ3) is 4.89. The van der Waals surface area contributed by atoms with Gasteiger partial charge in [-0.15, -0.1) is 0 Å². The summed E-state index contributed by atoms with van der Waals surface area (Å²) in [4.78, 5) is 2.32. The van der Waals surface area contributed by atoms with Crippen LogP contribution in [0.4, 0.5) is 8.78 Å². The van der Waals surface area contributed by atoms with Gasteiger partial charge in [-0.3, -0.25) is 0 Å². The first-order valence-corrected chi connectivity index (χ1v) is 12.3. The zero-order valence-corrected chi connectivity index (χ0v) is 18.9. The third-order valence-electron chi connectivity index (χ3n) is 6.31. The molecule has 0 bridgehead atoms. The van der Waals surface area contributed by atoms with Crippen LogP contribution >= 0.6 is 0 Å². The van der Waals surface area contributed by atoms with Crippen molar-refractivity contribution >= 4 is 10.0 Å². The van der Waals surface area contributed by atoms with E-state index in [1.54, 1.807) is 18.2 Å². The molecule has 9 heteroatoms. The minimum atomic E-state index is -3.75. The molecule has 2 aromatic rings. The lowest BCUT2D eigenvalue weighted by molar-refractivity contribution is 0.0568. The Morgan fingerprint density at radius 1 is 0.875 bits per heavy atom. The van der Waals surface area contributed by atoms with Crippen LogP contribution in [-0.2, 0) is 10.0 Å². The highest BCUT2D eigenvalue weighted by atomic mass is 32.2. The summed E-state index contributed by atoms with van der Waals surface area (Å²) in [5.74, 6) is -0.728. The Balaban J connectivity index is 1.29. The van der Waals surface area contributed by atoms with Gasteiger partial charge >= 0.3 is 0 Å². The number of ether oxygens (including phenoxy) is 2. The first-order valence-electron chi connectivity index (χ1n) is 10.9. The number of methoxy groups -OCH3 is 1. The van der Waals surface area contributed by atoms with Crippen LogP contribution in [0.2, 0.25) is 0 Å². The molecule has 174 valence electrons. The zero-order chi connectivity index (χ0) is 22.7. The van der Waals surface area contributed by atoms with Gasteiger partial charge in [0, 0.05) is 32.2 Å². The van der Waals surface area contributed by atoms with E-state index < -0.39 is 15.8 Å².